The second kappa shape index (κ2) is 9.48. The molecule has 4 nitrogen and oxygen atoms in total. The Morgan fingerprint density at radius 2 is 2.12 bits per heavy atom. The number of nitrogens with one attached hydrogen (secondary N) is 1. The van der Waals surface area contributed by atoms with Crippen molar-refractivity contribution in [1.29, 1.82) is 5.26 Å². The molecule has 1 N–H and O–H groups in total. The molecule has 130 valence electrons. The lowest BCUT2D eigenvalue weighted by Gasteiger charge is -2.09. The number of benzene rings is 1. The summed E-state index contributed by atoms with van der Waals surface area (Å²) in [6.07, 6.45) is 7.11. The van der Waals surface area contributed by atoms with Gasteiger partial charge in [-0.3, -0.25) is 4.98 Å². The predicted molar refractivity (Wildman–Crippen MR) is 102 cm³/mol. The van der Waals surface area contributed by atoms with Crippen molar-refractivity contribution in [2.75, 3.05) is 6.61 Å². The van der Waals surface area contributed by atoms with Gasteiger partial charge in [0.25, 0.3) is 0 Å². The molecule has 0 aliphatic heterocycles. The fourth-order valence-electron chi connectivity index (χ4n) is 2.70. The van der Waals surface area contributed by atoms with Crippen LogP contribution in [0.4, 0.5) is 0 Å². The van der Waals surface area contributed by atoms with E-state index in [1.54, 1.807) is 6.20 Å². The summed E-state index contributed by atoms with van der Waals surface area (Å²) in [5, 5.41) is 10.7. The molecule has 4 heteroatoms. The lowest BCUT2D eigenvalue weighted by molar-refractivity contribution is 0.318. The average Bonchev–Trinajstić information content (AvgIpc) is 3.10. The molecule has 2 aromatic heterocycles. The molecule has 0 fully saturated rings. The van der Waals surface area contributed by atoms with E-state index in [0.29, 0.717) is 13.0 Å². The third-order valence-electron chi connectivity index (χ3n) is 3.85. The Hall–Kier alpha value is -2.80. The molecule has 0 aliphatic carbocycles. The minimum Gasteiger partial charge on any atom is -0.494 e. The first-order chi connectivity index (χ1) is 12.3. The van der Waals surface area contributed by atoms with Gasteiger partial charge in [0.15, 0.2) is 0 Å². The third kappa shape index (κ3) is 4.60. The van der Waals surface area contributed by atoms with Crippen molar-refractivity contribution in [2.24, 2.45) is 0 Å². The Morgan fingerprint density at radius 3 is 2.80 bits per heavy atom. The van der Waals surface area contributed by atoms with E-state index >= 15 is 0 Å². The summed E-state index contributed by atoms with van der Waals surface area (Å²) in [5.74, 6) is 0.632. The highest BCUT2D eigenvalue weighted by Crippen LogP contribution is 2.30. The van der Waals surface area contributed by atoms with E-state index in [-0.39, 0.29) is 5.92 Å². The van der Waals surface area contributed by atoms with E-state index < -0.39 is 0 Å². The van der Waals surface area contributed by atoms with E-state index in [1.165, 1.54) is 0 Å². The monoisotopic (exact) mass is 335 g/mol. The van der Waals surface area contributed by atoms with Gasteiger partial charge in [-0.2, -0.15) is 5.26 Å². The standard InChI is InChI=1S/C19H19N3O.C2H6/c1-2-8-23-16-5-6-19-17(10-16)18(13-22-19)15(11-20)9-14-4-3-7-21-12-14;1-2/h3-7,10,12-13,15,22H,2,8-9H2,1H3;1-2H3. The zero-order valence-electron chi connectivity index (χ0n) is 15.1. The fourth-order valence-corrected chi connectivity index (χ4v) is 2.70. The number of nitrogens with zero attached hydrogens (tertiary/aromatic N) is 2. The third-order valence-corrected chi connectivity index (χ3v) is 3.85. The van der Waals surface area contributed by atoms with Gasteiger partial charge in [0, 0.05) is 29.5 Å². The van der Waals surface area contributed by atoms with Crippen LogP contribution in [0.1, 0.15) is 44.2 Å². The van der Waals surface area contributed by atoms with Crippen LogP contribution in [-0.4, -0.2) is 16.6 Å². The van der Waals surface area contributed by atoms with Crippen LogP contribution in [0.2, 0.25) is 0 Å². The van der Waals surface area contributed by atoms with Crippen molar-refractivity contribution < 1.29 is 4.74 Å². The second-order valence-electron chi connectivity index (χ2n) is 5.55. The zero-order chi connectivity index (χ0) is 18.1. The fraction of sp³-hybridized carbons (Fsp3) is 0.333. The Balaban J connectivity index is 0.00000109. The van der Waals surface area contributed by atoms with Crippen LogP contribution >= 0.6 is 0 Å². The highest BCUT2D eigenvalue weighted by Gasteiger charge is 2.16. The molecule has 0 spiro atoms. The molecule has 1 atom stereocenters. The predicted octanol–water partition coefficient (Wildman–Crippen LogP) is 5.23. The maximum absolute atomic E-state index is 9.61. The first-order valence-corrected chi connectivity index (χ1v) is 8.84. The lowest BCUT2D eigenvalue weighted by atomic mass is 9.93. The van der Waals surface area contributed by atoms with Crippen molar-refractivity contribution in [3.05, 3.63) is 60.0 Å². The van der Waals surface area contributed by atoms with Crippen LogP contribution in [0.3, 0.4) is 0 Å². The molecule has 0 saturated carbocycles. The van der Waals surface area contributed by atoms with Crippen LogP contribution in [-0.2, 0) is 6.42 Å². The topological polar surface area (TPSA) is 61.7 Å². The van der Waals surface area contributed by atoms with Gasteiger partial charge in [-0.15, -0.1) is 0 Å². The first kappa shape index (κ1) is 18.5. The summed E-state index contributed by atoms with van der Waals surface area (Å²) in [6.45, 7) is 6.78. The first-order valence-electron chi connectivity index (χ1n) is 8.84. The smallest absolute Gasteiger partial charge is 0.120 e. The molecule has 3 aromatic rings. The van der Waals surface area contributed by atoms with E-state index in [1.807, 2.05) is 56.6 Å². The van der Waals surface area contributed by atoms with Gasteiger partial charge in [0.05, 0.1) is 18.6 Å². The highest BCUT2D eigenvalue weighted by atomic mass is 16.5. The summed E-state index contributed by atoms with van der Waals surface area (Å²) in [5.41, 5.74) is 3.09. The van der Waals surface area contributed by atoms with Crippen molar-refractivity contribution in [1.82, 2.24) is 9.97 Å². The van der Waals surface area contributed by atoms with Crippen LogP contribution < -0.4 is 4.74 Å². The van der Waals surface area contributed by atoms with Gasteiger partial charge in [-0.05, 0) is 48.2 Å². The zero-order valence-corrected chi connectivity index (χ0v) is 15.1. The molecule has 3 rings (SSSR count). The van der Waals surface area contributed by atoms with Gasteiger partial charge < -0.3 is 9.72 Å². The van der Waals surface area contributed by atoms with Crippen LogP contribution in [0.15, 0.2) is 48.9 Å². The summed E-state index contributed by atoms with van der Waals surface area (Å²) < 4.78 is 5.71. The molecule has 0 aliphatic rings. The van der Waals surface area contributed by atoms with Crippen LogP contribution in [0.25, 0.3) is 10.9 Å². The number of aromatic amines is 1. The highest BCUT2D eigenvalue weighted by molar-refractivity contribution is 5.85. The summed E-state index contributed by atoms with van der Waals surface area (Å²) in [4.78, 5) is 7.38. The number of hydrogen-bond acceptors (Lipinski definition) is 3. The second-order valence-corrected chi connectivity index (χ2v) is 5.55. The molecular weight excluding hydrogens is 310 g/mol. The SMILES string of the molecule is CC.CCCOc1ccc2[nH]cc(C(C#N)Cc3cccnc3)c2c1. The molecule has 0 saturated heterocycles. The van der Waals surface area contributed by atoms with Gasteiger partial charge >= 0.3 is 0 Å². The van der Waals surface area contributed by atoms with Crippen molar-refractivity contribution >= 4 is 10.9 Å². The summed E-state index contributed by atoms with van der Waals surface area (Å²) in [6, 6.07) is 12.3. The Kier molecular flexibility index (Phi) is 7.03. The van der Waals surface area contributed by atoms with Crippen molar-refractivity contribution in [3.63, 3.8) is 0 Å². The minimum atomic E-state index is -0.214. The van der Waals surface area contributed by atoms with Crippen molar-refractivity contribution in [2.45, 2.75) is 39.5 Å². The Labute approximate surface area is 149 Å². The molecule has 0 bridgehead atoms. The molecular formula is C21H25N3O. The van der Waals surface area contributed by atoms with Gasteiger partial charge in [-0.25, -0.2) is 0 Å². The molecule has 0 radical (unpaired) electrons. The lowest BCUT2D eigenvalue weighted by Crippen LogP contribution is -2.00. The maximum atomic E-state index is 9.61. The number of nitriles is 1. The number of ether oxygens (including phenoxy) is 1. The van der Waals surface area contributed by atoms with E-state index in [4.69, 9.17) is 4.74 Å². The van der Waals surface area contributed by atoms with Crippen molar-refractivity contribution in [3.8, 4) is 11.8 Å². The average molecular weight is 335 g/mol. The van der Waals surface area contributed by atoms with E-state index in [9.17, 15) is 5.26 Å². The minimum absolute atomic E-state index is 0.214. The number of hydrogen-bond donors (Lipinski definition) is 1. The molecule has 2 heterocycles. The number of H-pyrrole nitrogens is 1. The van der Waals surface area contributed by atoms with Gasteiger partial charge in [0.2, 0.25) is 0 Å². The summed E-state index contributed by atoms with van der Waals surface area (Å²) in [7, 11) is 0. The number of aromatic nitrogens is 2. The molecule has 1 unspecified atom stereocenters. The van der Waals surface area contributed by atoms with Crippen LogP contribution in [0.5, 0.6) is 5.75 Å². The van der Waals surface area contributed by atoms with Crippen LogP contribution in [0, 0.1) is 11.3 Å². The Bertz CT molecular complexity index is 818. The largest absolute Gasteiger partial charge is 0.494 e. The Morgan fingerprint density at radius 1 is 1.28 bits per heavy atom. The number of pyridine rings is 1. The number of fused-ring (bicyclic) bond motifs is 1. The molecule has 0 amide bonds. The summed E-state index contributed by atoms with van der Waals surface area (Å²) >= 11 is 0. The maximum Gasteiger partial charge on any atom is 0.120 e. The van der Waals surface area contributed by atoms with Gasteiger partial charge in [-0.1, -0.05) is 26.8 Å². The van der Waals surface area contributed by atoms with Gasteiger partial charge in [0.1, 0.15) is 5.75 Å². The molecule has 25 heavy (non-hydrogen) atoms. The number of rotatable bonds is 6. The quantitative estimate of drug-likeness (QED) is 0.671. The van der Waals surface area contributed by atoms with E-state index in [0.717, 1.165) is 34.2 Å². The van der Waals surface area contributed by atoms with E-state index in [2.05, 4.69) is 23.0 Å². The molecule has 1 aromatic carbocycles. The normalized spacial score (nSPS) is 11.3.